The Bertz CT molecular complexity index is 53.3. The van der Waals surface area contributed by atoms with Gasteiger partial charge >= 0.3 is 54.9 Å². The molecule has 0 aromatic rings. The first kappa shape index (κ1) is 10.1. The molecule has 0 saturated heterocycles. The maximum Gasteiger partial charge on any atom is 2.00 e. The maximum atomic E-state index is 10.5. The molecule has 34 valence electrons. The average molecular weight is 217 g/mol. The molecule has 0 radical (unpaired) electrons. The van der Waals surface area contributed by atoms with Crippen molar-refractivity contribution in [3.63, 3.8) is 0 Å². The number of carbonyl (C=O) groups is 1. The Morgan fingerprint density at radius 1 is 2.00 bits per heavy atom. The van der Waals surface area contributed by atoms with Crippen LogP contribution in [0.25, 0.3) is 0 Å². The molecule has 4 heteroatoms. The summed E-state index contributed by atoms with van der Waals surface area (Å²) in [5.74, 6) is -1.41. The van der Waals surface area contributed by atoms with Gasteiger partial charge in [0.1, 0.15) is 0 Å². The minimum atomic E-state index is -1.41. The molecule has 0 spiro atoms. The molecule has 0 heterocycles. The van der Waals surface area contributed by atoms with E-state index in [2.05, 4.69) is 0 Å². The van der Waals surface area contributed by atoms with Gasteiger partial charge < -0.3 is 7.96 Å². The topological polar surface area (TPSA) is 37.3 Å². The molecule has 0 atom stereocenters. The van der Waals surface area contributed by atoms with Gasteiger partial charge in [0.25, 0.3) is 0 Å². The Morgan fingerprint density at radius 2 is 2.17 bits per heavy atom. The smallest absolute Gasteiger partial charge is 1.00 e. The van der Waals surface area contributed by atoms with Crippen molar-refractivity contribution in [2.24, 2.45) is 0 Å². The number of rotatable bonds is 1. The second kappa shape index (κ2) is 5.97. The molecular weight excluding hydrogens is 212 g/mol. The fraction of sp³-hybridized carbons (Fsp3) is 0.500. The number of hydrogen-bond donors (Lipinski definition) is 1. The first-order valence-corrected chi connectivity index (χ1v) is 1.05. The van der Waals surface area contributed by atoms with E-state index in [1.165, 1.54) is 0 Å². The number of carboxylic acids is 1. The van der Waals surface area contributed by atoms with Crippen molar-refractivity contribution in [1.82, 2.24) is 0 Å². The minimum absolute atomic E-state index is 0. The Kier molecular flexibility index (Phi) is 10.0. The molecule has 0 aliphatic heterocycles. The van der Waals surface area contributed by atoms with Crippen molar-refractivity contribution >= 4 is 54.9 Å². The molecule has 1 N–H and O–H groups in total. The number of hydrogen-bond acceptors (Lipinski definition) is 1. The number of alkyl halides is 1. The summed E-state index contributed by atoms with van der Waals surface area (Å²) in [4.78, 5) is 8.99. The molecule has 0 rings (SSSR count). The van der Waals surface area contributed by atoms with E-state index in [0.29, 0.717) is 0 Å². The minimum Gasteiger partial charge on any atom is -1.00 e. The van der Waals surface area contributed by atoms with E-state index in [-0.39, 0.29) is 51.7 Å². The summed E-state index contributed by atoms with van der Waals surface area (Å²) in [6.45, 7) is -1.28. The van der Waals surface area contributed by atoms with Crippen LogP contribution in [0.4, 0.5) is 4.39 Å². The van der Waals surface area contributed by atoms with Gasteiger partial charge in [-0.25, -0.2) is 9.18 Å². The largest absolute Gasteiger partial charge is 2.00 e. The monoisotopic (exact) mass is 218 g/mol. The van der Waals surface area contributed by atoms with Gasteiger partial charge in [0.15, 0.2) is 6.67 Å². The molecule has 0 unspecified atom stereocenters. The molecule has 0 fully saturated rings. The van der Waals surface area contributed by atoms with Crippen molar-refractivity contribution in [3.05, 3.63) is 0 Å². The Labute approximate surface area is 77.8 Å². The molecule has 0 aromatic carbocycles. The average Bonchev–Trinajstić information content (AvgIpc) is 1.38. The summed E-state index contributed by atoms with van der Waals surface area (Å²) in [6.07, 6.45) is 0. The third-order valence-corrected chi connectivity index (χ3v) is 0.114. The Morgan fingerprint density at radius 3 is 2.17 bits per heavy atom. The summed E-state index contributed by atoms with van der Waals surface area (Å²) in [5.41, 5.74) is 0. The van der Waals surface area contributed by atoms with Gasteiger partial charge in [-0.15, -0.1) is 0 Å². The maximum absolute atomic E-state index is 10.5. The number of halogens is 1. The van der Waals surface area contributed by atoms with Gasteiger partial charge in [0.05, 0.1) is 0 Å². The standard InChI is InChI=1S/C2H3FO2.Ba.2H/c3-1-2(4)5;;;/h1H2,(H,4,5);;;/q;+2;2*-1. The predicted molar refractivity (Wildman–Crippen MR) is 21.6 cm³/mol. The molecule has 0 saturated carbocycles. The van der Waals surface area contributed by atoms with Crippen molar-refractivity contribution in [3.8, 4) is 0 Å². The fourth-order valence-electron chi connectivity index (χ4n) is 0. The van der Waals surface area contributed by atoms with Gasteiger partial charge in [-0.2, -0.15) is 0 Å². The van der Waals surface area contributed by atoms with E-state index >= 15 is 0 Å². The molecule has 0 aromatic heterocycles. The van der Waals surface area contributed by atoms with Gasteiger partial charge in [-0.3, -0.25) is 0 Å². The van der Waals surface area contributed by atoms with Gasteiger partial charge in [-0.1, -0.05) is 0 Å². The van der Waals surface area contributed by atoms with E-state index in [4.69, 9.17) is 9.90 Å². The van der Waals surface area contributed by atoms with Crippen LogP contribution in [0.3, 0.4) is 0 Å². The second-order valence-electron chi connectivity index (χ2n) is 0.527. The van der Waals surface area contributed by atoms with Crippen LogP contribution in [0, 0.1) is 0 Å². The predicted octanol–water partition coefficient (Wildman–Crippen LogP) is -0.115. The van der Waals surface area contributed by atoms with Gasteiger partial charge in [-0.05, 0) is 0 Å². The molecule has 0 aliphatic rings. The number of aliphatic carboxylic acids is 1. The Balaban J connectivity index is -0.0000000267. The van der Waals surface area contributed by atoms with Crippen LogP contribution in [0.5, 0.6) is 0 Å². The summed E-state index contributed by atoms with van der Waals surface area (Å²) in [6, 6.07) is 0. The molecular formula is C2H5BaFO2. The van der Waals surface area contributed by atoms with E-state index in [1.807, 2.05) is 0 Å². The second-order valence-corrected chi connectivity index (χ2v) is 0.527. The summed E-state index contributed by atoms with van der Waals surface area (Å²) in [7, 11) is 0. The van der Waals surface area contributed by atoms with Gasteiger partial charge in [0, 0.05) is 0 Å². The van der Waals surface area contributed by atoms with E-state index in [1.54, 1.807) is 0 Å². The summed E-state index contributed by atoms with van der Waals surface area (Å²) in [5, 5.41) is 7.35. The van der Waals surface area contributed by atoms with Crippen LogP contribution in [0.15, 0.2) is 0 Å². The first-order chi connectivity index (χ1) is 2.27. The van der Waals surface area contributed by atoms with Crippen molar-refractivity contribution < 1.29 is 17.1 Å². The van der Waals surface area contributed by atoms with E-state index in [9.17, 15) is 4.39 Å². The van der Waals surface area contributed by atoms with Crippen LogP contribution >= 0.6 is 0 Å². The Hall–Kier alpha value is 0.971. The zero-order chi connectivity index (χ0) is 4.28. The molecule has 2 nitrogen and oxygen atoms in total. The number of carboxylic acid groups (broad SMARTS) is 1. The zero-order valence-corrected chi connectivity index (χ0v) is 7.59. The van der Waals surface area contributed by atoms with Crippen LogP contribution in [-0.2, 0) is 4.79 Å². The van der Waals surface area contributed by atoms with Crippen LogP contribution in [0.2, 0.25) is 0 Å². The fourth-order valence-corrected chi connectivity index (χ4v) is 0. The van der Waals surface area contributed by atoms with Crippen LogP contribution in [-0.4, -0.2) is 66.6 Å². The third kappa shape index (κ3) is 8.88. The van der Waals surface area contributed by atoms with Crippen molar-refractivity contribution in [1.29, 1.82) is 0 Å². The van der Waals surface area contributed by atoms with Gasteiger partial charge in [0.2, 0.25) is 0 Å². The van der Waals surface area contributed by atoms with E-state index in [0.717, 1.165) is 0 Å². The zero-order valence-electron chi connectivity index (χ0n) is 5.15. The molecule has 0 bridgehead atoms. The molecule has 0 amide bonds. The first-order valence-electron chi connectivity index (χ1n) is 1.05. The van der Waals surface area contributed by atoms with Crippen LogP contribution < -0.4 is 0 Å². The molecule has 6 heavy (non-hydrogen) atoms. The van der Waals surface area contributed by atoms with Crippen molar-refractivity contribution in [2.75, 3.05) is 6.67 Å². The SMILES string of the molecule is O=C(O)CF.[Ba+2].[H-].[H-]. The van der Waals surface area contributed by atoms with Crippen molar-refractivity contribution in [2.45, 2.75) is 0 Å². The quantitative estimate of drug-likeness (QED) is 0.622. The normalized spacial score (nSPS) is 6.17. The van der Waals surface area contributed by atoms with E-state index < -0.39 is 12.6 Å². The summed E-state index contributed by atoms with van der Waals surface area (Å²) >= 11 is 0. The summed E-state index contributed by atoms with van der Waals surface area (Å²) < 4.78 is 10.5. The van der Waals surface area contributed by atoms with Crippen LogP contribution in [0.1, 0.15) is 2.85 Å². The molecule has 0 aliphatic carbocycles. The third-order valence-electron chi connectivity index (χ3n) is 0.114.